The molecule has 2 nitrogen and oxygen atoms in total. The highest BCUT2D eigenvalue weighted by Gasteiger charge is 2.14. The van der Waals surface area contributed by atoms with Gasteiger partial charge in [0, 0.05) is 0 Å². The van der Waals surface area contributed by atoms with Crippen LogP contribution in [0.5, 0.6) is 0 Å². The van der Waals surface area contributed by atoms with Crippen LogP contribution in [0.25, 0.3) is 0 Å². The first-order chi connectivity index (χ1) is 9.59. The summed E-state index contributed by atoms with van der Waals surface area (Å²) in [6, 6.07) is 13.4. The number of hydroxylamine groups is 1. The van der Waals surface area contributed by atoms with Gasteiger partial charge in [-0.3, -0.25) is 4.84 Å². The smallest absolute Gasteiger partial charge is 0.0933 e. The molecule has 1 unspecified atom stereocenters. The Balaban J connectivity index is 1.95. The van der Waals surface area contributed by atoms with E-state index < -0.39 is 0 Å². The van der Waals surface area contributed by atoms with Crippen LogP contribution in [0.15, 0.2) is 42.5 Å². The lowest BCUT2D eigenvalue weighted by molar-refractivity contribution is 0.00700. The maximum absolute atomic E-state index is 6.18. The van der Waals surface area contributed by atoms with Gasteiger partial charge < -0.3 is 0 Å². The third-order valence-corrected chi connectivity index (χ3v) is 4.18. The van der Waals surface area contributed by atoms with E-state index in [0.717, 1.165) is 11.1 Å². The van der Waals surface area contributed by atoms with Gasteiger partial charge in [0.2, 0.25) is 0 Å². The molecule has 0 fully saturated rings. The number of hydrogen-bond acceptors (Lipinski definition) is 2. The quantitative estimate of drug-likeness (QED) is 0.583. The molecule has 0 spiro atoms. The molecule has 20 heavy (non-hydrogen) atoms. The zero-order chi connectivity index (χ0) is 14.5. The summed E-state index contributed by atoms with van der Waals surface area (Å²) in [5.41, 5.74) is 4.88. The number of hydrogen-bond donors (Lipinski definition) is 1. The number of benzene rings is 2. The normalized spacial score (nSPS) is 12.4. The van der Waals surface area contributed by atoms with Crippen molar-refractivity contribution in [1.29, 1.82) is 0 Å². The van der Waals surface area contributed by atoms with Crippen molar-refractivity contribution in [2.24, 2.45) is 0 Å². The average Bonchev–Trinajstić information content (AvgIpc) is 2.46. The molecule has 0 aromatic heterocycles. The molecule has 2 rings (SSSR count). The van der Waals surface area contributed by atoms with E-state index in [9.17, 15) is 0 Å². The van der Waals surface area contributed by atoms with Gasteiger partial charge in [-0.15, -0.1) is 0 Å². The lowest BCUT2D eigenvalue weighted by atomic mass is 10.1. The van der Waals surface area contributed by atoms with Crippen LogP contribution >= 0.6 is 34.8 Å². The molecule has 1 atom stereocenters. The van der Waals surface area contributed by atoms with Crippen LogP contribution in [0.3, 0.4) is 0 Å². The van der Waals surface area contributed by atoms with Gasteiger partial charge in [-0.25, -0.2) is 0 Å². The summed E-state index contributed by atoms with van der Waals surface area (Å²) < 4.78 is 0. The molecule has 0 aliphatic rings. The summed E-state index contributed by atoms with van der Waals surface area (Å²) in [5.74, 6) is 0. The van der Waals surface area contributed by atoms with Crippen LogP contribution in [-0.2, 0) is 11.4 Å². The van der Waals surface area contributed by atoms with E-state index in [0.29, 0.717) is 21.7 Å². The Morgan fingerprint density at radius 3 is 2.40 bits per heavy atom. The summed E-state index contributed by atoms with van der Waals surface area (Å²) in [7, 11) is 0. The minimum absolute atomic E-state index is 0.0963. The molecule has 0 heterocycles. The SMILES string of the molecule is CC(NOCc1ccccc1)c1ccc(Cl)c(Cl)c1Cl. The fourth-order valence-corrected chi connectivity index (χ4v) is 2.47. The van der Waals surface area contributed by atoms with Crippen LogP contribution in [0, 0.1) is 0 Å². The monoisotopic (exact) mass is 329 g/mol. The zero-order valence-electron chi connectivity index (χ0n) is 10.9. The van der Waals surface area contributed by atoms with E-state index in [-0.39, 0.29) is 6.04 Å². The average molecular weight is 331 g/mol. The topological polar surface area (TPSA) is 21.3 Å². The Morgan fingerprint density at radius 2 is 1.70 bits per heavy atom. The molecule has 0 aliphatic heterocycles. The van der Waals surface area contributed by atoms with E-state index in [4.69, 9.17) is 39.6 Å². The summed E-state index contributed by atoms with van der Waals surface area (Å²) in [4.78, 5) is 5.48. The minimum Gasteiger partial charge on any atom is -0.296 e. The molecule has 0 aliphatic carbocycles. The Hall–Kier alpha value is -0.770. The molecule has 5 heteroatoms. The molecular weight excluding hydrogens is 317 g/mol. The Morgan fingerprint density at radius 1 is 1.00 bits per heavy atom. The molecule has 0 amide bonds. The molecule has 2 aromatic carbocycles. The van der Waals surface area contributed by atoms with Gasteiger partial charge in [0.05, 0.1) is 27.7 Å². The standard InChI is InChI=1S/C15H14Cl3NO/c1-10(12-7-8-13(16)15(18)14(12)17)19-20-9-11-5-3-2-4-6-11/h2-8,10,19H,9H2,1H3. The molecule has 106 valence electrons. The van der Waals surface area contributed by atoms with Crippen LogP contribution < -0.4 is 5.48 Å². The summed E-state index contributed by atoms with van der Waals surface area (Å²) in [6.45, 7) is 2.42. The van der Waals surface area contributed by atoms with Crippen molar-refractivity contribution in [2.45, 2.75) is 19.6 Å². The third-order valence-electron chi connectivity index (χ3n) is 2.87. The highest BCUT2D eigenvalue weighted by molar-refractivity contribution is 6.48. The van der Waals surface area contributed by atoms with E-state index >= 15 is 0 Å². The predicted octanol–water partition coefficient (Wildman–Crippen LogP) is 5.43. The molecule has 0 bridgehead atoms. The summed E-state index contributed by atoms with van der Waals surface area (Å²) >= 11 is 18.1. The van der Waals surface area contributed by atoms with E-state index in [2.05, 4.69) is 5.48 Å². The maximum atomic E-state index is 6.18. The van der Waals surface area contributed by atoms with E-state index in [1.807, 2.05) is 43.3 Å². The van der Waals surface area contributed by atoms with Gasteiger partial charge in [0.15, 0.2) is 0 Å². The van der Waals surface area contributed by atoms with Crippen molar-refractivity contribution in [2.75, 3.05) is 0 Å². The lowest BCUT2D eigenvalue weighted by Crippen LogP contribution is -2.19. The van der Waals surface area contributed by atoms with Crippen LogP contribution in [-0.4, -0.2) is 0 Å². The molecule has 0 radical (unpaired) electrons. The second-order valence-electron chi connectivity index (χ2n) is 4.38. The van der Waals surface area contributed by atoms with E-state index in [1.54, 1.807) is 6.07 Å². The summed E-state index contributed by atoms with van der Waals surface area (Å²) in [6.07, 6.45) is 0. The first-order valence-corrected chi connectivity index (χ1v) is 7.27. The van der Waals surface area contributed by atoms with Crippen LogP contribution in [0.4, 0.5) is 0 Å². The van der Waals surface area contributed by atoms with Crippen LogP contribution in [0.2, 0.25) is 15.1 Å². The van der Waals surface area contributed by atoms with Crippen molar-refractivity contribution >= 4 is 34.8 Å². The molecule has 0 saturated heterocycles. The Kier molecular flexibility index (Phi) is 5.70. The van der Waals surface area contributed by atoms with Crippen LogP contribution in [0.1, 0.15) is 24.1 Å². The number of nitrogens with one attached hydrogen (secondary N) is 1. The Labute approximate surface area is 133 Å². The zero-order valence-corrected chi connectivity index (χ0v) is 13.1. The minimum atomic E-state index is -0.0963. The first kappa shape index (κ1) is 15.6. The number of halogens is 3. The van der Waals surface area contributed by atoms with Gasteiger partial charge in [0.1, 0.15) is 0 Å². The van der Waals surface area contributed by atoms with Gasteiger partial charge >= 0.3 is 0 Å². The first-order valence-electron chi connectivity index (χ1n) is 6.14. The van der Waals surface area contributed by atoms with Gasteiger partial charge in [-0.1, -0.05) is 71.2 Å². The highest BCUT2D eigenvalue weighted by Crippen LogP contribution is 2.35. The van der Waals surface area contributed by atoms with Crippen molar-refractivity contribution in [3.05, 3.63) is 68.7 Å². The molecule has 1 N–H and O–H groups in total. The molecule has 2 aromatic rings. The van der Waals surface area contributed by atoms with Gasteiger partial charge in [-0.2, -0.15) is 5.48 Å². The van der Waals surface area contributed by atoms with Crippen molar-refractivity contribution in [3.8, 4) is 0 Å². The Bertz CT molecular complexity index is 575. The van der Waals surface area contributed by atoms with Crippen molar-refractivity contribution in [3.63, 3.8) is 0 Å². The second-order valence-corrected chi connectivity index (χ2v) is 5.54. The fraction of sp³-hybridized carbons (Fsp3) is 0.200. The van der Waals surface area contributed by atoms with E-state index in [1.165, 1.54) is 0 Å². The maximum Gasteiger partial charge on any atom is 0.0933 e. The fourth-order valence-electron chi connectivity index (χ4n) is 1.76. The highest BCUT2D eigenvalue weighted by atomic mass is 35.5. The lowest BCUT2D eigenvalue weighted by Gasteiger charge is -2.16. The molecular formula is C15H14Cl3NO. The number of rotatable bonds is 5. The summed E-state index contributed by atoms with van der Waals surface area (Å²) in [5, 5.41) is 1.25. The largest absolute Gasteiger partial charge is 0.296 e. The molecule has 0 saturated carbocycles. The van der Waals surface area contributed by atoms with Gasteiger partial charge in [-0.05, 0) is 24.1 Å². The van der Waals surface area contributed by atoms with Crippen molar-refractivity contribution in [1.82, 2.24) is 5.48 Å². The predicted molar refractivity (Wildman–Crippen MR) is 84.3 cm³/mol. The third kappa shape index (κ3) is 3.87. The second kappa shape index (κ2) is 7.30. The van der Waals surface area contributed by atoms with Gasteiger partial charge in [0.25, 0.3) is 0 Å². The van der Waals surface area contributed by atoms with Crippen molar-refractivity contribution < 1.29 is 4.84 Å².